The van der Waals surface area contributed by atoms with E-state index in [1.54, 1.807) is 13.2 Å². The van der Waals surface area contributed by atoms with Crippen LogP contribution < -0.4 is 15.5 Å². The zero-order chi connectivity index (χ0) is 17.4. The summed E-state index contributed by atoms with van der Waals surface area (Å²) in [4.78, 5) is 26.2. The molecule has 6 nitrogen and oxygen atoms in total. The largest absolute Gasteiger partial charge is 0.385 e. The molecule has 0 unspecified atom stereocenters. The van der Waals surface area contributed by atoms with E-state index >= 15 is 0 Å². The fourth-order valence-electron chi connectivity index (χ4n) is 2.92. The second-order valence-electron chi connectivity index (χ2n) is 6.06. The van der Waals surface area contributed by atoms with E-state index in [0.717, 1.165) is 38.0 Å². The summed E-state index contributed by atoms with van der Waals surface area (Å²) in [6.45, 7) is 4.57. The predicted molar refractivity (Wildman–Crippen MR) is 95.6 cm³/mol. The van der Waals surface area contributed by atoms with Crippen LogP contribution in [0.2, 0.25) is 0 Å². The molecular weight excluding hydrogens is 306 g/mol. The lowest BCUT2D eigenvalue weighted by Crippen LogP contribution is -2.33. The first kappa shape index (κ1) is 18.3. The number of anilines is 2. The lowest BCUT2D eigenvalue weighted by atomic mass is 10.1. The summed E-state index contributed by atoms with van der Waals surface area (Å²) in [6, 6.07) is 5.55. The average molecular weight is 333 g/mol. The van der Waals surface area contributed by atoms with Crippen LogP contribution in [0.15, 0.2) is 18.2 Å². The number of amides is 2. The molecule has 0 aromatic heterocycles. The van der Waals surface area contributed by atoms with Crippen molar-refractivity contribution in [2.75, 3.05) is 43.6 Å². The van der Waals surface area contributed by atoms with Crippen molar-refractivity contribution in [3.05, 3.63) is 23.8 Å². The zero-order valence-corrected chi connectivity index (χ0v) is 14.6. The van der Waals surface area contributed by atoms with E-state index in [0.29, 0.717) is 24.4 Å². The molecule has 1 aliphatic heterocycles. The third-order valence-corrected chi connectivity index (χ3v) is 4.07. The van der Waals surface area contributed by atoms with Gasteiger partial charge in [0.15, 0.2) is 0 Å². The predicted octanol–water partition coefficient (Wildman–Crippen LogP) is 2.40. The molecule has 1 fully saturated rings. The minimum Gasteiger partial charge on any atom is -0.385 e. The van der Waals surface area contributed by atoms with Gasteiger partial charge in [0, 0.05) is 51.6 Å². The summed E-state index contributed by atoms with van der Waals surface area (Å²) in [5, 5.41) is 5.68. The highest BCUT2D eigenvalue weighted by atomic mass is 16.5. The number of hydrogen-bond donors (Lipinski definition) is 2. The Hall–Kier alpha value is -2.08. The molecular formula is C18H27N3O3. The van der Waals surface area contributed by atoms with Crippen molar-refractivity contribution in [3.8, 4) is 0 Å². The second kappa shape index (κ2) is 9.27. The van der Waals surface area contributed by atoms with E-state index in [9.17, 15) is 9.59 Å². The number of carbonyl (C=O) groups excluding carboxylic acids is 2. The minimum atomic E-state index is -0.146. The van der Waals surface area contributed by atoms with Gasteiger partial charge in [0.05, 0.1) is 5.56 Å². The summed E-state index contributed by atoms with van der Waals surface area (Å²) in [5.74, 6) is -0.258. The van der Waals surface area contributed by atoms with E-state index in [4.69, 9.17) is 4.74 Å². The van der Waals surface area contributed by atoms with Gasteiger partial charge in [0.1, 0.15) is 0 Å². The number of carbonyl (C=O) groups is 2. The molecule has 1 aromatic carbocycles. The van der Waals surface area contributed by atoms with Crippen LogP contribution in [0.25, 0.3) is 0 Å². The number of ether oxygens (including phenoxy) is 1. The maximum Gasteiger partial charge on any atom is 0.253 e. The summed E-state index contributed by atoms with van der Waals surface area (Å²) in [6.07, 6.45) is 4.29. The van der Waals surface area contributed by atoms with Crippen LogP contribution in [0.4, 0.5) is 11.4 Å². The van der Waals surface area contributed by atoms with Gasteiger partial charge in [-0.2, -0.15) is 0 Å². The maximum atomic E-state index is 12.6. The van der Waals surface area contributed by atoms with Crippen molar-refractivity contribution in [2.45, 2.75) is 32.6 Å². The van der Waals surface area contributed by atoms with Gasteiger partial charge in [-0.3, -0.25) is 9.59 Å². The van der Waals surface area contributed by atoms with Gasteiger partial charge in [-0.25, -0.2) is 0 Å². The zero-order valence-electron chi connectivity index (χ0n) is 14.6. The van der Waals surface area contributed by atoms with Gasteiger partial charge < -0.3 is 20.3 Å². The quantitative estimate of drug-likeness (QED) is 0.752. The Morgan fingerprint density at radius 1 is 1.21 bits per heavy atom. The van der Waals surface area contributed by atoms with Crippen molar-refractivity contribution in [2.24, 2.45) is 0 Å². The van der Waals surface area contributed by atoms with Crippen molar-refractivity contribution < 1.29 is 14.3 Å². The van der Waals surface area contributed by atoms with Crippen molar-refractivity contribution in [3.63, 3.8) is 0 Å². The molecule has 2 rings (SSSR count). The van der Waals surface area contributed by atoms with Crippen molar-refractivity contribution >= 4 is 23.2 Å². The molecule has 24 heavy (non-hydrogen) atoms. The van der Waals surface area contributed by atoms with Gasteiger partial charge in [0.25, 0.3) is 5.91 Å². The molecule has 132 valence electrons. The van der Waals surface area contributed by atoms with E-state index in [1.807, 2.05) is 12.1 Å². The third-order valence-electron chi connectivity index (χ3n) is 4.07. The Morgan fingerprint density at radius 3 is 2.62 bits per heavy atom. The molecule has 6 heteroatoms. The summed E-state index contributed by atoms with van der Waals surface area (Å²) >= 11 is 0. The van der Waals surface area contributed by atoms with Gasteiger partial charge in [-0.1, -0.05) is 0 Å². The number of benzene rings is 1. The molecule has 1 heterocycles. The Balaban J connectivity index is 2.18. The molecule has 2 amide bonds. The smallest absolute Gasteiger partial charge is 0.253 e. The van der Waals surface area contributed by atoms with Crippen LogP contribution in [0, 0.1) is 0 Å². The van der Waals surface area contributed by atoms with Crippen LogP contribution >= 0.6 is 0 Å². The monoisotopic (exact) mass is 333 g/mol. The van der Waals surface area contributed by atoms with Crippen molar-refractivity contribution in [1.82, 2.24) is 5.32 Å². The first-order valence-corrected chi connectivity index (χ1v) is 8.55. The number of nitrogens with one attached hydrogen (secondary N) is 2. The highest BCUT2D eigenvalue weighted by molar-refractivity contribution is 6.02. The Labute approximate surface area is 143 Å². The number of piperidine rings is 1. The van der Waals surface area contributed by atoms with Crippen molar-refractivity contribution in [1.29, 1.82) is 0 Å². The molecule has 1 saturated heterocycles. The highest BCUT2D eigenvalue weighted by Gasteiger charge is 2.19. The van der Waals surface area contributed by atoms with Crippen LogP contribution in [0.5, 0.6) is 0 Å². The molecule has 0 bridgehead atoms. The number of rotatable bonds is 7. The van der Waals surface area contributed by atoms with E-state index in [-0.39, 0.29) is 11.8 Å². The molecule has 0 atom stereocenters. The van der Waals surface area contributed by atoms with Gasteiger partial charge in [0.2, 0.25) is 5.91 Å². The molecule has 2 N–H and O–H groups in total. The van der Waals surface area contributed by atoms with Crippen LogP contribution in [0.3, 0.4) is 0 Å². The van der Waals surface area contributed by atoms with Gasteiger partial charge in [-0.15, -0.1) is 0 Å². The standard InChI is InChI=1S/C18H27N3O3/c1-14(22)20-15-7-8-17(21-10-4-3-5-11-21)16(13-15)18(23)19-9-6-12-24-2/h7-8,13H,3-6,9-12H2,1-2H3,(H,19,23)(H,20,22). The number of methoxy groups -OCH3 is 1. The van der Waals surface area contributed by atoms with Crippen LogP contribution in [-0.4, -0.2) is 45.2 Å². The second-order valence-corrected chi connectivity index (χ2v) is 6.06. The SMILES string of the molecule is COCCCNC(=O)c1cc(NC(C)=O)ccc1N1CCCCC1. The normalized spacial score (nSPS) is 14.3. The Kier molecular flexibility index (Phi) is 7.06. The number of hydrogen-bond acceptors (Lipinski definition) is 4. The Bertz CT molecular complexity index is 569. The number of nitrogens with zero attached hydrogens (tertiary/aromatic N) is 1. The lowest BCUT2D eigenvalue weighted by Gasteiger charge is -2.30. The minimum absolute atomic E-state index is 0.112. The summed E-state index contributed by atoms with van der Waals surface area (Å²) in [7, 11) is 1.65. The highest BCUT2D eigenvalue weighted by Crippen LogP contribution is 2.27. The van der Waals surface area contributed by atoms with Crippen LogP contribution in [-0.2, 0) is 9.53 Å². The molecule has 1 aromatic rings. The lowest BCUT2D eigenvalue weighted by molar-refractivity contribution is -0.114. The first-order valence-electron chi connectivity index (χ1n) is 8.55. The molecule has 1 aliphatic rings. The van der Waals surface area contributed by atoms with E-state index in [2.05, 4.69) is 15.5 Å². The molecule has 0 radical (unpaired) electrons. The fraction of sp³-hybridized carbons (Fsp3) is 0.556. The Morgan fingerprint density at radius 2 is 1.96 bits per heavy atom. The van der Waals surface area contributed by atoms with E-state index in [1.165, 1.54) is 13.3 Å². The molecule has 0 aliphatic carbocycles. The van der Waals surface area contributed by atoms with Crippen LogP contribution in [0.1, 0.15) is 43.0 Å². The molecule has 0 saturated carbocycles. The van der Waals surface area contributed by atoms with Gasteiger partial charge in [-0.05, 0) is 43.9 Å². The maximum absolute atomic E-state index is 12.6. The third kappa shape index (κ3) is 5.23. The van der Waals surface area contributed by atoms with E-state index < -0.39 is 0 Å². The summed E-state index contributed by atoms with van der Waals surface area (Å²) < 4.78 is 5.00. The topological polar surface area (TPSA) is 70.7 Å². The fourth-order valence-corrected chi connectivity index (χ4v) is 2.92. The molecule has 0 spiro atoms. The average Bonchev–Trinajstić information content (AvgIpc) is 2.59. The van der Waals surface area contributed by atoms with Gasteiger partial charge >= 0.3 is 0 Å². The first-order chi connectivity index (χ1) is 11.6. The summed E-state index contributed by atoms with van der Waals surface area (Å²) in [5.41, 5.74) is 2.19.